The summed E-state index contributed by atoms with van der Waals surface area (Å²) in [6, 6.07) is 3.03. The van der Waals surface area contributed by atoms with Gasteiger partial charge in [0.25, 0.3) is 5.91 Å². The molecule has 100 valence electrons. The minimum atomic E-state index is -0.976. The van der Waals surface area contributed by atoms with Crippen molar-refractivity contribution < 1.29 is 19.1 Å². The monoisotopic (exact) mass is 280 g/mol. The van der Waals surface area contributed by atoms with Crippen molar-refractivity contribution in [3.8, 4) is 0 Å². The highest BCUT2D eigenvalue weighted by molar-refractivity contribution is 7.10. The molecular formula is C12H12N2O4S. The molecule has 2 N–H and O–H groups in total. The Hall–Kier alpha value is -2.15. The van der Waals surface area contributed by atoms with Crippen LogP contribution in [0.1, 0.15) is 33.6 Å². The van der Waals surface area contributed by atoms with E-state index < -0.39 is 17.9 Å². The summed E-state index contributed by atoms with van der Waals surface area (Å²) in [6.45, 7) is 1.62. The summed E-state index contributed by atoms with van der Waals surface area (Å²) >= 11 is 1.39. The van der Waals surface area contributed by atoms with Crippen molar-refractivity contribution in [1.29, 1.82) is 0 Å². The van der Waals surface area contributed by atoms with Crippen molar-refractivity contribution in [2.45, 2.75) is 19.4 Å². The Kier molecular flexibility index (Phi) is 3.96. The number of carbonyl (C=O) groups is 2. The Balaban J connectivity index is 2.15. The summed E-state index contributed by atoms with van der Waals surface area (Å²) < 4.78 is 4.95. The van der Waals surface area contributed by atoms with Crippen molar-refractivity contribution in [3.05, 3.63) is 40.2 Å². The third kappa shape index (κ3) is 3.19. The predicted molar refractivity (Wildman–Crippen MR) is 68.0 cm³/mol. The zero-order valence-electron chi connectivity index (χ0n) is 10.1. The Morgan fingerprint density at radius 1 is 1.58 bits per heavy atom. The van der Waals surface area contributed by atoms with Crippen LogP contribution in [0.15, 0.2) is 28.3 Å². The number of carboxylic acids is 1. The Labute approximate surface area is 113 Å². The van der Waals surface area contributed by atoms with E-state index in [0.717, 1.165) is 4.88 Å². The SMILES string of the molecule is Cc1ocnc1C(=O)N[C@H](CC(=O)O)c1cccs1. The van der Waals surface area contributed by atoms with Crippen LogP contribution in [0.4, 0.5) is 0 Å². The molecule has 0 saturated heterocycles. The van der Waals surface area contributed by atoms with Gasteiger partial charge in [-0.15, -0.1) is 11.3 Å². The van der Waals surface area contributed by atoms with E-state index in [1.165, 1.54) is 17.7 Å². The molecule has 1 atom stereocenters. The van der Waals surface area contributed by atoms with Gasteiger partial charge in [-0.05, 0) is 18.4 Å². The van der Waals surface area contributed by atoms with Crippen LogP contribution in [-0.4, -0.2) is 22.0 Å². The normalized spacial score (nSPS) is 12.1. The average molecular weight is 280 g/mol. The fourth-order valence-electron chi connectivity index (χ4n) is 1.64. The summed E-state index contributed by atoms with van der Waals surface area (Å²) in [5, 5.41) is 13.4. The summed E-state index contributed by atoms with van der Waals surface area (Å²) in [5.41, 5.74) is 0.173. The van der Waals surface area contributed by atoms with Gasteiger partial charge in [-0.1, -0.05) is 6.07 Å². The third-order valence-corrected chi connectivity index (χ3v) is 3.52. The van der Waals surface area contributed by atoms with E-state index >= 15 is 0 Å². The van der Waals surface area contributed by atoms with Crippen LogP contribution in [0.3, 0.4) is 0 Å². The number of carbonyl (C=O) groups excluding carboxylic acids is 1. The van der Waals surface area contributed by atoms with Crippen molar-refractivity contribution in [1.82, 2.24) is 10.3 Å². The van der Waals surface area contributed by atoms with Crippen LogP contribution in [0.2, 0.25) is 0 Å². The average Bonchev–Trinajstić information content (AvgIpc) is 2.97. The highest BCUT2D eigenvalue weighted by Crippen LogP contribution is 2.22. The standard InChI is InChI=1S/C12H12N2O4S/c1-7-11(13-6-18-7)12(17)14-8(5-10(15)16)9-3-2-4-19-9/h2-4,6,8H,5H2,1H3,(H,14,17)(H,15,16)/t8-/m1/s1. The lowest BCUT2D eigenvalue weighted by atomic mass is 10.1. The van der Waals surface area contributed by atoms with E-state index in [0.29, 0.717) is 5.76 Å². The summed E-state index contributed by atoms with van der Waals surface area (Å²) in [4.78, 5) is 27.4. The maximum absolute atomic E-state index is 12.0. The number of nitrogens with one attached hydrogen (secondary N) is 1. The molecule has 19 heavy (non-hydrogen) atoms. The number of thiophene rings is 1. The Morgan fingerprint density at radius 3 is 2.89 bits per heavy atom. The van der Waals surface area contributed by atoms with Gasteiger partial charge in [0.05, 0.1) is 12.5 Å². The lowest BCUT2D eigenvalue weighted by Gasteiger charge is -2.14. The molecule has 0 radical (unpaired) electrons. The first-order valence-electron chi connectivity index (χ1n) is 5.54. The van der Waals surface area contributed by atoms with Gasteiger partial charge in [0.1, 0.15) is 5.76 Å². The molecule has 0 aliphatic rings. The Bertz CT molecular complexity index is 576. The van der Waals surface area contributed by atoms with Crippen molar-refractivity contribution in [2.75, 3.05) is 0 Å². The van der Waals surface area contributed by atoms with Crippen molar-refractivity contribution in [2.24, 2.45) is 0 Å². The molecule has 6 nitrogen and oxygen atoms in total. The second-order valence-electron chi connectivity index (χ2n) is 3.90. The number of rotatable bonds is 5. The fourth-order valence-corrected chi connectivity index (χ4v) is 2.41. The first-order chi connectivity index (χ1) is 9.08. The number of aromatic nitrogens is 1. The molecule has 0 bridgehead atoms. The van der Waals surface area contributed by atoms with E-state index in [1.54, 1.807) is 13.0 Å². The first-order valence-corrected chi connectivity index (χ1v) is 6.42. The zero-order valence-corrected chi connectivity index (χ0v) is 10.9. The molecule has 0 aliphatic carbocycles. The number of hydrogen-bond acceptors (Lipinski definition) is 5. The molecule has 1 amide bonds. The molecule has 2 aromatic rings. The van der Waals surface area contributed by atoms with Gasteiger partial charge < -0.3 is 14.8 Å². The van der Waals surface area contributed by atoms with Crippen LogP contribution in [-0.2, 0) is 4.79 Å². The third-order valence-electron chi connectivity index (χ3n) is 2.53. The quantitative estimate of drug-likeness (QED) is 0.873. The van der Waals surface area contributed by atoms with E-state index in [4.69, 9.17) is 9.52 Å². The van der Waals surface area contributed by atoms with Gasteiger partial charge in [-0.3, -0.25) is 9.59 Å². The molecule has 0 aromatic carbocycles. The van der Waals surface area contributed by atoms with E-state index in [9.17, 15) is 9.59 Å². The highest BCUT2D eigenvalue weighted by atomic mass is 32.1. The summed E-state index contributed by atoms with van der Waals surface area (Å²) in [6.07, 6.45) is 1.00. The molecule has 0 saturated carbocycles. The van der Waals surface area contributed by atoms with Crippen LogP contribution in [0.5, 0.6) is 0 Å². The van der Waals surface area contributed by atoms with Crippen LogP contribution >= 0.6 is 11.3 Å². The van der Waals surface area contributed by atoms with Gasteiger partial charge in [-0.2, -0.15) is 0 Å². The molecule has 0 aliphatic heterocycles. The predicted octanol–water partition coefficient (Wildman–Crippen LogP) is 1.99. The highest BCUT2D eigenvalue weighted by Gasteiger charge is 2.22. The number of aliphatic carboxylic acids is 1. The maximum Gasteiger partial charge on any atom is 0.305 e. The van der Waals surface area contributed by atoms with Gasteiger partial charge in [0, 0.05) is 4.88 Å². The van der Waals surface area contributed by atoms with Gasteiger partial charge in [-0.25, -0.2) is 4.98 Å². The van der Waals surface area contributed by atoms with Gasteiger partial charge in [0.2, 0.25) is 0 Å². The van der Waals surface area contributed by atoms with E-state index in [-0.39, 0.29) is 12.1 Å². The topological polar surface area (TPSA) is 92.4 Å². The number of nitrogens with zero attached hydrogens (tertiary/aromatic N) is 1. The van der Waals surface area contributed by atoms with Gasteiger partial charge >= 0.3 is 5.97 Å². The smallest absolute Gasteiger partial charge is 0.305 e. The second-order valence-corrected chi connectivity index (χ2v) is 4.88. The minimum absolute atomic E-state index is 0.173. The zero-order chi connectivity index (χ0) is 13.8. The lowest BCUT2D eigenvalue weighted by molar-refractivity contribution is -0.137. The molecule has 0 spiro atoms. The molecular weight excluding hydrogens is 268 g/mol. The lowest BCUT2D eigenvalue weighted by Crippen LogP contribution is -2.30. The van der Waals surface area contributed by atoms with Crippen LogP contribution in [0, 0.1) is 6.92 Å². The number of oxazole rings is 1. The van der Waals surface area contributed by atoms with Crippen LogP contribution < -0.4 is 5.32 Å². The molecule has 7 heteroatoms. The number of carboxylic acid groups (broad SMARTS) is 1. The summed E-state index contributed by atoms with van der Waals surface area (Å²) in [7, 11) is 0. The Morgan fingerprint density at radius 2 is 2.37 bits per heavy atom. The molecule has 2 rings (SSSR count). The van der Waals surface area contributed by atoms with Crippen molar-refractivity contribution >= 4 is 23.2 Å². The summed E-state index contributed by atoms with van der Waals surface area (Å²) in [5.74, 6) is -1.01. The van der Waals surface area contributed by atoms with Crippen molar-refractivity contribution in [3.63, 3.8) is 0 Å². The van der Waals surface area contributed by atoms with Crippen LogP contribution in [0.25, 0.3) is 0 Å². The van der Waals surface area contributed by atoms with E-state index in [1.807, 2.05) is 11.4 Å². The maximum atomic E-state index is 12.0. The number of amides is 1. The first kappa shape index (κ1) is 13.3. The molecule has 0 fully saturated rings. The number of aryl methyl sites for hydroxylation is 1. The number of hydrogen-bond donors (Lipinski definition) is 2. The second kappa shape index (κ2) is 5.66. The minimum Gasteiger partial charge on any atom is -0.481 e. The van der Waals surface area contributed by atoms with Gasteiger partial charge in [0.15, 0.2) is 12.1 Å². The molecule has 0 unspecified atom stereocenters. The fraction of sp³-hybridized carbons (Fsp3) is 0.250. The molecule has 2 heterocycles. The van der Waals surface area contributed by atoms with E-state index in [2.05, 4.69) is 10.3 Å². The molecule has 2 aromatic heterocycles. The largest absolute Gasteiger partial charge is 0.481 e.